The molecule has 3 rings (SSSR count). The van der Waals surface area contributed by atoms with Crippen molar-refractivity contribution in [1.82, 2.24) is 4.98 Å². The zero-order chi connectivity index (χ0) is 20.8. The third-order valence-electron chi connectivity index (χ3n) is 4.36. The molecule has 3 aromatic rings. The summed E-state index contributed by atoms with van der Waals surface area (Å²) < 4.78 is 0. The van der Waals surface area contributed by atoms with Gasteiger partial charge >= 0.3 is 0 Å². The monoisotopic (exact) mass is 387 g/mol. The highest BCUT2D eigenvalue weighted by atomic mass is 16.6. The highest BCUT2D eigenvalue weighted by Crippen LogP contribution is 2.26. The maximum Gasteiger partial charge on any atom is 0.293 e. The van der Waals surface area contributed by atoms with Crippen molar-refractivity contribution in [3.05, 3.63) is 93.8 Å². The molecular weight excluding hydrogens is 370 g/mol. The average molecular weight is 387 g/mol. The molecule has 0 bridgehead atoms. The van der Waals surface area contributed by atoms with Gasteiger partial charge in [0, 0.05) is 43.3 Å². The van der Waals surface area contributed by atoms with Gasteiger partial charge in [0.15, 0.2) is 0 Å². The lowest BCUT2D eigenvalue weighted by molar-refractivity contribution is -0.384. The second kappa shape index (κ2) is 8.63. The van der Waals surface area contributed by atoms with Crippen LogP contribution >= 0.6 is 0 Å². The van der Waals surface area contributed by atoms with E-state index in [1.165, 1.54) is 23.1 Å². The molecule has 8 nitrogen and oxygen atoms in total. The number of nitrogens with one attached hydrogen (secondary N) is 1. The Morgan fingerprint density at radius 1 is 1.17 bits per heavy atom. The number of hydrogen-bond acceptors (Lipinski definition) is 6. The van der Waals surface area contributed by atoms with E-state index in [0.29, 0.717) is 17.8 Å². The Balaban J connectivity index is 1.69. The molecule has 0 aliphatic rings. The normalized spacial score (nSPS) is 10.1. The highest BCUT2D eigenvalue weighted by molar-refractivity contribution is 6.05. The van der Waals surface area contributed by atoms with Crippen molar-refractivity contribution in [2.24, 2.45) is 0 Å². The molecule has 1 aromatic heterocycles. The summed E-state index contributed by atoms with van der Waals surface area (Å²) in [6.07, 6.45) is 3.14. The minimum absolute atomic E-state index is 0.147. The number of hydrogen-bond donors (Lipinski definition) is 1. The Morgan fingerprint density at radius 2 is 1.86 bits per heavy atom. The second-order valence-corrected chi connectivity index (χ2v) is 6.22. The van der Waals surface area contributed by atoms with Crippen LogP contribution in [-0.2, 0) is 6.54 Å². The van der Waals surface area contributed by atoms with Crippen LogP contribution in [0.3, 0.4) is 0 Å². The Hall–Kier alpha value is -4.25. The van der Waals surface area contributed by atoms with Crippen molar-refractivity contribution in [2.45, 2.75) is 6.54 Å². The van der Waals surface area contributed by atoms with Crippen LogP contribution < -0.4 is 10.2 Å². The minimum Gasteiger partial charge on any atom is -0.375 e. The molecule has 29 heavy (non-hydrogen) atoms. The number of nitro groups is 1. The van der Waals surface area contributed by atoms with Crippen molar-refractivity contribution in [3.63, 3.8) is 0 Å². The number of nitrogens with zero attached hydrogens (tertiary/aromatic N) is 4. The fourth-order valence-corrected chi connectivity index (χ4v) is 2.74. The van der Waals surface area contributed by atoms with Crippen LogP contribution in [0.25, 0.3) is 0 Å². The molecule has 1 heterocycles. The van der Waals surface area contributed by atoms with Crippen LogP contribution in [-0.4, -0.2) is 22.9 Å². The van der Waals surface area contributed by atoms with Gasteiger partial charge in [0.1, 0.15) is 5.69 Å². The molecule has 0 radical (unpaired) electrons. The fourth-order valence-electron chi connectivity index (χ4n) is 2.74. The molecule has 0 saturated heterocycles. The average Bonchev–Trinajstić information content (AvgIpc) is 2.77. The number of nitriles is 1. The number of carbonyl (C=O) groups is 1. The van der Waals surface area contributed by atoms with E-state index in [2.05, 4.69) is 10.3 Å². The standard InChI is InChI=1S/C21H17N5O3/c1-25(21(27)17-8-10-23-11-9-17)18-5-2-15(3-6-18)14-24-19-7-4-16(13-22)12-20(19)26(28)29/h2-12,24H,14H2,1H3. The number of pyridine rings is 1. The second-order valence-electron chi connectivity index (χ2n) is 6.22. The van der Waals surface area contributed by atoms with Gasteiger partial charge in [-0.05, 0) is 42.0 Å². The maximum atomic E-state index is 12.5. The first-order valence-corrected chi connectivity index (χ1v) is 8.69. The van der Waals surface area contributed by atoms with Crippen molar-refractivity contribution in [1.29, 1.82) is 5.26 Å². The summed E-state index contributed by atoms with van der Waals surface area (Å²) in [4.78, 5) is 28.6. The van der Waals surface area contributed by atoms with E-state index in [4.69, 9.17) is 5.26 Å². The van der Waals surface area contributed by atoms with E-state index < -0.39 is 4.92 Å². The summed E-state index contributed by atoms with van der Waals surface area (Å²) in [5.41, 5.74) is 2.57. The summed E-state index contributed by atoms with van der Waals surface area (Å²) in [5.74, 6) is -0.147. The van der Waals surface area contributed by atoms with Crippen LogP contribution in [0, 0.1) is 21.4 Å². The first-order valence-electron chi connectivity index (χ1n) is 8.69. The smallest absolute Gasteiger partial charge is 0.293 e. The van der Waals surface area contributed by atoms with Crippen LogP contribution in [0.2, 0.25) is 0 Å². The van der Waals surface area contributed by atoms with Crippen LogP contribution in [0.1, 0.15) is 21.5 Å². The number of carbonyl (C=O) groups excluding carboxylic acids is 1. The molecule has 1 amide bonds. The van der Waals surface area contributed by atoms with Crippen LogP contribution in [0.15, 0.2) is 67.0 Å². The molecule has 0 aliphatic heterocycles. The number of benzene rings is 2. The molecule has 0 atom stereocenters. The molecule has 0 aliphatic carbocycles. The van der Waals surface area contributed by atoms with Crippen molar-refractivity contribution >= 4 is 23.0 Å². The predicted octanol–water partition coefficient (Wildman–Crippen LogP) is 3.75. The minimum atomic E-state index is -0.522. The molecule has 2 aromatic carbocycles. The van der Waals surface area contributed by atoms with E-state index >= 15 is 0 Å². The van der Waals surface area contributed by atoms with Gasteiger partial charge in [0.2, 0.25) is 0 Å². The van der Waals surface area contributed by atoms with Gasteiger partial charge in [-0.3, -0.25) is 19.9 Å². The highest BCUT2D eigenvalue weighted by Gasteiger charge is 2.15. The number of aromatic nitrogens is 1. The lowest BCUT2D eigenvalue weighted by Crippen LogP contribution is -2.26. The van der Waals surface area contributed by atoms with E-state index in [9.17, 15) is 14.9 Å². The lowest BCUT2D eigenvalue weighted by Gasteiger charge is -2.18. The molecule has 0 saturated carbocycles. The largest absolute Gasteiger partial charge is 0.375 e. The first-order chi connectivity index (χ1) is 14.0. The van der Waals surface area contributed by atoms with Gasteiger partial charge in [-0.2, -0.15) is 5.26 Å². The lowest BCUT2D eigenvalue weighted by atomic mass is 10.1. The number of rotatable bonds is 6. The summed E-state index contributed by atoms with van der Waals surface area (Å²) in [6, 6.07) is 16.8. The molecule has 0 unspecified atom stereocenters. The van der Waals surface area contributed by atoms with Gasteiger partial charge in [-0.25, -0.2) is 0 Å². The van der Waals surface area contributed by atoms with E-state index in [1.807, 2.05) is 30.3 Å². The van der Waals surface area contributed by atoms with E-state index in [1.54, 1.807) is 31.6 Å². The number of nitro benzene ring substituents is 1. The van der Waals surface area contributed by atoms with Crippen molar-refractivity contribution in [3.8, 4) is 6.07 Å². The van der Waals surface area contributed by atoms with Crippen LogP contribution in [0.5, 0.6) is 0 Å². The van der Waals surface area contributed by atoms with Gasteiger partial charge < -0.3 is 10.2 Å². The number of anilines is 2. The Labute approximate surface area is 167 Å². The van der Waals surface area contributed by atoms with Crippen molar-refractivity contribution < 1.29 is 9.72 Å². The van der Waals surface area contributed by atoms with Gasteiger partial charge in [-0.1, -0.05) is 12.1 Å². The Morgan fingerprint density at radius 3 is 2.48 bits per heavy atom. The summed E-state index contributed by atoms with van der Waals surface area (Å²) in [5, 5.41) is 23.1. The van der Waals surface area contributed by atoms with Crippen molar-refractivity contribution in [2.75, 3.05) is 17.3 Å². The van der Waals surface area contributed by atoms with E-state index in [0.717, 1.165) is 11.3 Å². The van der Waals surface area contributed by atoms with E-state index in [-0.39, 0.29) is 17.2 Å². The predicted molar refractivity (Wildman–Crippen MR) is 109 cm³/mol. The first kappa shape index (κ1) is 19.5. The quantitative estimate of drug-likeness (QED) is 0.509. The van der Waals surface area contributed by atoms with Gasteiger partial charge in [0.05, 0.1) is 16.6 Å². The van der Waals surface area contributed by atoms with Gasteiger partial charge in [0.25, 0.3) is 11.6 Å². The van der Waals surface area contributed by atoms with Crippen LogP contribution in [0.4, 0.5) is 17.1 Å². The Kier molecular flexibility index (Phi) is 5.80. The third kappa shape index (κ3) is 4.54. The zero-order valence-electron chi connectivity index (χ0n) is 15.6. The molecule has 8 heteroatoms. The third-order valence-corrected chi connectivity index (χ3v) is 4.36. The topological polar surface area (TPSA) is 112 Å². The molecule has 0 spiro atoms. The zero-order valence-corrected chi connectivity index (χ0v) is 15.6. The molecular formula is C21H17N5O3. The number of amides is 1. The summed E-state index contributed by atoms with van der Waals surface area (Å²) >= 11 is 0. The maximum absolute atomic E-state index is 12.5. The molecule has 0 fully saturated rings. The van der Waals surface area contributed by atoms with Gasteiger partial charge in [-0.15, -0.1) is 0 Å². The molecule has 144 valence electrons. The SMILES string of the molecule is CN(C(=O)c1ccncc1)c1ccc(CNc2ccc(C#N)cc2[N+](=O)[O-])cc1. The fraction of sp³-hybridized carbons (Fsp3) is 0.0952. The summed E-state index contributed by atoms with van der Waals surface area (Å²) in [6.45, 7) is 0.356. The molecule has 1 N–H and O–H groups in total. The Bertz CT molecular complexity index is 1080. The summed E-state index contributed by atoms with van der Waals surface area (Å²) in [7, 11) is 1.69.